The van der Waals surface area contributed by atoms with Gasteiger partial charge in [0.15, 0.2) is 0 Å². The summed E-state index contributed by atoms with van der Waals surface area (Å²) in [5.74, 6) is -0.357. The van der Waals surface area contributed by atoms with E-state index in [0.717, 1.165) is 0 Å². The van der Waals surface area contributed by atoms with Crippen LogP contribution in [-0.4, -0.2) is 26.9 Å². The van der Waals surface area contributed by atoms with E-state index in [4.69, 9.17) is 0 Å². The number of amides is 3. The van der Waals surface area contributed by atoms with Gasteiger partial charge in [0.25, 0.3) is 5.91 Å². The Bertz CT molecular complexity index is 853. The topological polar surface area (TPSA) is 109 Å². The third-order valence-corrected chi connectivity index (χ3v) is 3.13. The van der Waals surface area contributed by atoms with Crippen LogP contribution in [0.15, 0.2) is 67.4 Å². The van der Waals surface area contributed by atoms with Crippen LogP contribution in [0.3, 0.4) is 0 Å². The highest BCUT2D eigenvalue weighted by Crippen LogP contribution is 2.15. The molecule has 25 heavy (non-hydrogen) atoms. The number of aromatic nitrogens is 3. The molecular formula is C17H14N6O2. The SMILES string of the molecule is O=C(Nc1ccncc1)Nc1ccc(NC(=O)c2cnccn2)cc1. The van der Waals surface area contributed by atoms with E-state index in [0.29, 0.717) is 17.1 Å². The molecule has 3 amide bonds. The van der Waals surface area contributed by atoms with Gasteiger partial charge >= 0.3 is 6.03 Å². The monoisotopic (exact) mass is 334 g/mol. The van der Waals surface area contributed by atoms with Crippen molar-refractivity contribution in [2.45, 2.75) is 0 Å². The van der Waals surface area contributed by atoms with Crippen LogP contribution in [0.4, 0.5) is 21.9 Å². The molecule has 0 aliphatic heterocycles. The van der Waals surface area contributed by atoms with Gasteiger partial charge in [-0.15, -0.1) is 0 Å². The minimum Gasteiger partial charge on any atom is -0.321 e. The minimum absolute atomic E-state index is 0.224. The fraction of sp³-hybridized carbons (Fsp3) is 0. The van der Waals surface area contributed by atoms with Gasteiger partial charge < -0.3 is 16.0 Å². The molecule has 1 aromatic carbocycles. The van der Waals surface area contributed by atoms with Crippen LogP contribution in [0.2, 0.25) is 0 Å². The first kappa shape index (κ1) is 16.1. The zero-order chi connectivity index (χ0) is 17.5. The number of urea groups is 1. The fourth-order valence-electron chi connectivity index (χ4n) is 1.98. The van der Waals surface area contributed by atoms with Gasteiger partial charge in [-0.25, -0.2) is 9.78 Å². The smallest absolute Gasteiger partial charge is 0.321 e. The summed E-state index contributed by atoms with van der Waals surface area (Å²) in [6.07, 6.45) is 7.50. The Morgan fingerprint density at radius 3 is 1.88 bits per heavy atom. The van der Waals surface area contributed by atoms with E-state index in [9.17, 15) is 9.59 Å². The lowest BCUT2D eigenvalue weighted by atomic mass is 10.2. The predicted octanol–water partition coefficient (Wildman–Crippen LogP) is 2.77. The van der Waals surface area contributed by atoms with Crippen LogP contribution in [0.5, 0.6) is 0 Å². The lowest BCUT2D eigenvalue weighted by Gasteiger charge is -2.09. The third kappa shape index (κ3) is 4.58. The Morgan fingerprint density at radius 2 is 1.28 bits per heavy atom. The van der Waals surface area contributed by atoms with Crippen LogP contribution < -0.4 is 16.0 Å². The maximum Gasteiger partial charge on any atom is 0.323 e. The maximum absolute atomic E-state index is 12.0. The van der Waals surface area contributed by atoms with Crippen molar-refractivity contribution in [2.75, 3.05) is 16.0 Å². The second-order valence-corrected chi connectivity index (χ2v) is 4.94. The molecule has 0 fully saturated rings. The molecule has 0 atom stereocenters. The molecule has 0 saturated carbocycles. The Labute approximate surface area is 143 Å². The average Bonchev–Trinajstić information content (AvgIpc) is 2.65. The van der Waals surface area contributed by atoms with Gasteiger partial charge in [-0.1, -0.05) is 0 Å². The van der Waals surface area contributed by atoms with Gasteiger partial charge in [-0.2, -0.15) is 0 Å². The highest BCUT2D eigenvalue weighted by atomic mass is 16.2. The first-order valence-corrected chi connectivity index (χ1v) is 7.36. The number of hydrogen-bond acceptors (Lipinski definition) is 5. The van der Waals surface area contributed by atoms with Gasteiger partial charge in [0.05, 0.1) is 6.20 Å². The van der Waals surface area contributed by atoms with Crippen LogP contribution in [0.25, 0.3) is 0 Å². The zero-order valence-corrected chi connectivity index (χ0v) is 13.0. The summed E-state index contributed by atoms with van der Waals surface area (Å²) in [5.41, 5.74) is 2.03. The number of rotatable bonds is 4. The number of benzene rings is 1. The first-order chi connectivity index (χ1) is 12.2. The molecule has 2 heterocycles. The van der Waals surface area contributed by atoms with Crippen molar-refractivity contribution in [1.29, 1.82) is 0 Å². The summed E-state index contributed by atoms with van der Waals surface area (Å²) in [7, 11) is 0. The van der Waals surface area contributed by atoms with Gasteiger partial charge in [0.2, 0.25) is 0 Å². The Balaban J connectivity index is 1.57. The number of carbonyl (C=O) groups excluding carboxylic acids is 2. The summed E-state index contributed by atoms with van der Waals surface area (Å²) >= 11 is 0. The molecule has 3 aromatic rings. The van der Waals surface area contributed by atoms with E-state index < -0.39 is 0 Å². The molecule has 8 nitrogen and oxygen atoms in total. The molecule has 0 aliphatic rings. The standard InChI is InChI=1S/C17H14N6O2/c24-16(15-11-19-9-10-20-15)21-12-1-3-13(4-2-12)22-17(25)23-14-5-7-18-8-6-14/h1-11H,(H,21,24)(H2,18,22,23,25). The van der Waals surface area contributed by atoms with Crippen molar-refractivity contribution < 1.29 is 9.59 Å². The quantitative estimate of drug-likeness (QED) is 0.680. The third-order valence-electron chi connectivity index (χ3n) is 3.13. The number of nitrogens with zero attached hydrogens (tertiary/aromatic N) is 3. The van der Waals surface area contributed by atoms with Crippen LogP contribution in [0.1, 0.15) is 10.5 Å². The highest BCUT2D eigenvalue weighted by Gasteiger charge is 2.07. The van der Waals surface area contributed by atoms with Crippen molar-refractivity contribution in [2.24, 2.45) is 0 Å². The number of carbonyl (C=O) groups is 2. The van der Waals surface area contributed by atoms with E-state index in [1.807, 2.05) is 0 Å². The molecule has 3 N–H and O–H groups in total. The lowest BCUT2D eigenvalue weighted by molar-refractivity contribution is 0.102. The van der Waals surface area contributed by atoms with Crippen molar-refractivity contribution in [1.82, 2.24) is 15.0 Å². The fourth-order valence-corrected chi connectivity index (χ4v) is 1.98. The van der Waals surface area contributed by atoms with E-state index in [2.05, 4.69) is 30.9 Å². The minimum atomic E-state index is -0.373. The summed E-state index contributed by atoms with van der Waals surface area (Å²) in [4.78, 5) is 35.5. The average molecular weight is 334 g/mol. The van der Waals surface area contributed by atoms with E-state index in [-0.39, 0.29) is 17.6 Å². The lowest BCUT2D eigenvalue weighted by Crippen LogP contribution is -2.19. The van der Waals surface area contributed by atoms with Gasteiger partial charge in [0.1, 0.15) is 5.69 Å². The maximum atomic E-state index is 12.0. The molecule has 3 rings (SSSR count). The van der Waals surface area contributed by atoms with Crippen molar-refractivity contribution in [3.05, 3.63) is 73.1 Å². The molecule has 2 aromatic heterocycles. The Kier molecular flexibility index (Phi) is 4.91. The van der Waals surface area contributed by atoms with Crippen molar-refractivity contribution in [3.63, 3.8) is 0 Å². The largest absolute Gasteiger partial charge is 0.323 e. The number of anilines is 3. The summed E-state index contributed by atoms with van der Waals surface area (Å²) < 4.78 is 0. The van der Waals surface area contributed by atoms with E-state index in [1.165, 1.54) is 18.6 Å². The summed E-state index contributed by atoms with van der Waals surface area (Å²) in [5, 5.41) is 8.08. The molecule has 0 radical (unpaired) electrons. The van der Waals surface area contributed by atoms with Crippen LogP contribution in [-0.2, 0) is 0 Å². The van der Waals surface area contributed by atoms with Crippen molar-refractivity contribution >= 4 is 29.0 Å². The van der Waals surface area contributed by atoms with E-state index in [1.54, 1.807) is 48.8 Å². The second-order valence-electron chi connectivity index (χ2n) is 4.94. The van der Waals surface area contributed by atoms with Crippen LogP contribution in [0, 0.1) is 0 Å². The molecule has 8 heteroatoms. The molecule has 0 aliphatic carbocycles. The normalized spacial score (nSPS) is 9.92. The molecule has 0 spiro atoms. The first-order valence-electron chi connectivity index (χ1n) is 7.36. The number of pyridine rings is 1. The molecule has 124 valence electrons. The van der Waals surface area contributed by atoms with Gasteiger partial charge in [-0.05, 0) is 36.4 Å². The predicted molar refractivity (Wildman–Crippen MR) is 93.3 cm³/mol. The van der Waals surface area contributed by atoms with Gasteiger partial charge in [0, 0.05) is 41.8 Å². The van der Waals surface area contributed by atoms with E-state index >= 15 is 0 Å². The zero-order valence-electron chi connectivity index (χ0n) is 13.0. The van der Waals surface area contributed by atoms with Crippen LogP contribution >= 0.6 is 0 Å². The number of hydrogen-bond donors (Lipinski definition) is 3. The Hall–Kier alpha value is -3.81. The van der Waals surface area contributed by atoms with Gasteiger partial charge in [-0.3, -0.25) is 14.8 Å². The molecule has 0 bridgehead atoms. The molecule has 0 unspecified atom stereocenters. The summed E-state index contributed by atoms with van der Waals surface area (Å²) in [6, 6.07) is 9.71. The summed E-state index contributed by atoms with van der Waals surface area (Å²) in [6.45, 7) is 0. The highest BCUT2D eigenvalue weighted by molar-refractivity contribution is 6.03. The van der Waals surface area contributed by atoms with Crippen molar-refractivity contribution in [3.8, 4) is 0 Å². The molecule has 0 saturated heterocycles. The number of nitrogens with one attached hydrogen (secondary N) is 3. The molecular weight excluding hydrogens is 320 g/mol. The second kappa shape index (κ2) is 7.64. The Morgan fingerprint density at radius 1 is 0.680 bits per heavy atom.